The van der Waals surface area contributed by atoms with Crippen LogP contribution in [0.2, 0.25) is 5.02 Å². The van der Waals surface area contributed by atoms with Crippen molar-refractivity contribution in [3.8, 4) is 0 Å². The van der Waals surface area contributed by atoms with Crippen LogP contribution in [0.15, 0.2) is 36.5 Å². The SMILES string of the molecule is O=C(c1cnc(NCc2ccccc2CN2CCCCC2)c(Cl)c1)N1CCCCC1. The zero-order valence-electron chi connectivity index (χ0n) is 17.6. The molecule has 2 aliphatic heterocycles. The first-order chi connectivity index (χ1) is 14.7. The molecule has 1 amide bonds. The van der Waals surface area contributed by atoms with Crippen LogP contribution in [0.4, 0.5) is 5.82 Å². The highest BCUT2D eigenvalue weighted by Gasteiger charge is 2.19. The normalized spacial score (nSPS) is 17.7. The topological polar surface area (TPSA) is 48.5 Å². The van der Waals surface area contributed by atoms with E-state index in [1.807, 2.05) is 4.90 Å². The average molecular weight is 427 g/mol. The zero-order chi connectivity index (χ0) is 20.8. The fourth-order valence-electron chi connectivity index (χ4n) is 4.39. The van der Waals surface area contributed by atoms with Gasteiger partial charge in [-0.05, 0) is 62.4 Å². The van der Waals surface area contributed by atoms with Crippen LogP contribution in [0.1, 0.15) is 60.0 Å². The number of pyridine rings is 1. The fourth-order valence-corrected chi connectivity index (χ4v) is 4.62. The van der Waals surface area contributed by atoms with Crippen molar-refractivity contribution in [2.45, 2.75) is 51.6 Å². The van der Waals surface area contributed by atoms with Crippen LogP contribution in [0, 0.1) is 0 Å². The fraction of sp³-hybridized carbons (Fsp3) is 0.500. The number of hydrogen-bond donors (Lipinski definition) is 1. The molecule has 0 radical (unpaired) electrons. The van der Waals surface area contributed by atoms with E-state index in [1.165, 1.54) is 49.9 Å². The highest BCUT2D eigenvalue weighted by Crippen LogP contribution is 2.23. The van der Waals surface area contributed by atoms with E-state index in [9.17, 15) is 4.79 Å². The summed E-state index contributed by atoms with van der Waals surface area (Å²) in [7, 11) is 0. The van der Waals surface area contributed by atoms with Crippen LogP contribution >= 0.6 is 11.6 Å². The van der Waals surface area contributed by atoms with E-state index in [2.05, 4.69) is 39.5 Å². The Kier molecular flexibility index (Phi) is 7.24. The Morgan fingerprint density at radius 1 is 0.967 bits per heavy atom. The Bertz CT molecular complexity index is 860. The predicted octanol–water partition coefficient (Wildman–Crippen LogP) is 4.96. The maximum absolute atomic E-state index is 12.7. The molecule has 3 heterocycles. The van der Waals surface area contributed by atoms with Gasteiger partial charge in [0.25, 0.3) is 5.91 Å². The summed E-state index contributed by atoms with van der Waals surface area (Å²) in [4.78, 5) is 21.6. The smallest absolute Gasteiger partial charge is 0.255 e. The largest absolute Gasteiger partial charge is 0.365 e. The number of nitrogens with one attached hydrogen (secondary N) is 1. The lowest BCUT2D eigenvalue weighted by atomic mass is 10.0. The van der Waals surface area contributed by atoms with Gasteiger partial charge in [0, 0.05) is 32.4 Å². The number of nitrogens with zero attached hydrogens (tertiary/aromatic N) is 3. The Labute approximate surface area is 184 Å². The number of anilines is 1. The molecular weight excluding hydrogens is 396 g/mol. The van der Waals surface area contributed by atoms with E-state index in [0.29, 0.717) is 22.9 Å². The second-order valence-electron chi connectivity index (χ2n) is 8.37. The number of halogens is 1. The minimum atomic E-state index is 0.0301. The summed E-state index contributed by atoms with van der Waals surface area (Å²) in [5, 5.41) is 3.86. The number of carbonyl (C=O) groups excluding carboxylic acids is 1. The Balaban J connectivity index is 1.39. The van der Waals surface area contributed by atoms with Gasteiger partial charge in [-0.1, -0.05) is 42.3 Å². The van der Waals surface area contributed by atoms with Crippen LogP contribution in [0.25, 0.3) is 0 Å². The van der Waals surface area contributed by atoms with Gasteiger partial charge in [-0.15, -0.1) is 0 Å². The van der Waals surface area contributed by atoms with E-state index >= 15 is 0 Å². The number of hydrogen-bond acceptors (Lipinski definition) is 4. The van der Waals surface area contributed by atoms with Crippen LogP contribution < -0.4 is 5.32 Å². The number of aromatic nitrogens is 1. The quantitative estimate of drug-likeness (QED) is 0.709. The van der Waals surface area contributed by atoms with Gasteiger partial charge in [-0.25, -0.2) is 4.98 Å². The van der Waals surface area contributed by atoms with Gasteiger partial charge >= 0.3 is 0 Å². The van der Waals surface area contributed by atoms with Gasteiger partial charge in [-0.2, -0.15) is 0 Å². The molecular formula is C24H31ClN4O. The molecule has 2 saturated heterocycles. The Hall–Kier alpha value is -2.11. The summed E-state index contributed by atoms with van der Waals surface area (Å²) in [5.74, 6) is 0.655. The van der Waals surface area contributed by atoms with Crippen LogP contribution in [-0.2, 0) is 13.1 Å². The Morgan fingerprint density at radius 2 is 1.63 bits per heavy atom. The molecule has 0 bridgehead atoms. The summed E-state index contributed by atoms with van der Waals surface area (Å²) in [6.07, 6.45) is 8.92. The third-order valence-electron chi connectivity index (χ3n) is 6.14. The molecule has 4 rings (SSSR count). The molecule has 160 valence electrons. The average Bonchev–Trinajstić information content (AvgIpc) is 2.80. The highest BCUT2D eigenvalue weighted by atomic mass is 35.5. The van der Waals surface area contributed by atoms with Gasteiger partial charge in [0.2, 0.25) is 0 Å². The van der Waals surface area contributed by atoms with Crippen molar-refractivity contribution in [2.75, 3.05) is 31.5 Å². The molecule has 0 unspecified atom stereocenters. The number of carbonyl (C=O) groups is 1. The predicted molar refractivity (Wildman–Crippen MR) is 122 cm³/mol. The molecule has 0 atom stereocenters. The lowest BCUT2D eigenvalue weighted by Crippen LogP contribution is -2.35. The zero-order valence-corrected chi connectivity index (χ0v) is 18.3. The third kappa shape index (κ3) is 5.32. The van der Waals surface area contributed by atoms with Crippen LogP contribution in [0.5, 0.6) is 0 Å². The second-order valence-corrected chi connectivity index (χ2v) is 8.77. The molecule has 1 aromatic carbocycles. The number of piperidine rings is 2. The van der Waals surface area contributed by atoms with Gasteiger partial charge < -0.3 is 10.2 Å². The summed E-state index contributed by atoms with van der Waals surface area (Å²) < 4.78 is 0. The van der Waals surface area contributed by atoms with Gasteiger partial charge in [0.15, 0.2) is 0 Å². The van der Waals surface area contributed by atoms with Crippen molar-refractivity contribution in [2.24, 2.45) is 0 Å². The van der Waals surface area contributed by atoms with Gasteiger partial charge in [0.1, 0.15) is 5.82 Å². The molecule has 0 saturated carbocycles. The molecule has 2 aromatic rings. The number of benzene rings is 1. The monoisotopic (exact) mass is 426 g/mol. The maximum atomic E-state index is 12.7. The van der Waals surface area contributed by atoms with Crippen molar-refractivity contribution < 1.29 is 4.79 Å². The first-order valence-corrected chi connectivity index (χ1v) is 11.6. The molecule has 1 N–H and O–H groups in total. The molecule has 1 aromatic heterocycles. The highest BCUT2D eigenvalue weighted by molar-refractivity contribution is 6.33. The van der Waals surface area contributed by atoms with Crippen molar-refractivity contribution in [3.63, 3.8) is 0 Å². The molecule has 0 spiro atoms. The van der Waals surface area contributed by atoms with Crippen LogP contribution in [-0.4, -0.2) is 46.9 Å². The number of amides is 1. The van der Waals surface area contributed by atoms with E-state index < -0.39 is 0 Å². The maximum Gasteiger partial charge on any atom is 0.255 e. The molecule has 0 aliphatic carbocycles. The van der Waals surface area contributed by atoms with Gasteiger partial charge in [0.05, 0.1) is 10.6 Å². The van der Waals surface area contributed by atoms with Crippen molar-refractivity contribution in [1.82, 2.24) is 14.8 Å². The van der Waals surface area contributed by atoms with E-state index in [1.54, 1.807) is 12.3 Å². The summed E-state index contributed by atoms with van der Waals surface area (Å²) in [6, 6.07) is 10.3. The van der Waals surface area contributed by atoms with Crippen molar-refractivity contribution in [3.05, 3.63) is 58.2 Å². The van der Waals surface area contributed by atoms with Gasteiger partial charge in [-0.3, -0.25) is 9.69 Å². The summed E-state index contributed by atoms with van der Waals surface area (Å²) in [5.41, 5.74) is 3.17. The van der Waals surface area contributed by atoms with Crippen LogP contribution in [0.3, 0.4) is 0 Å². The standard InChI is InChI=1S/C24H31ClN4O/c25-22-15-21(24(30)29-13-7-2-8-14-29)17-27-23(22)26-16-19-9-3-4-10-20(19)18-28-11-5-1-6-12-28/h3-4,9-10,15,17H,1-2,5-8,11-14,16,18H2,(H,26,27). The first kappa shape index (κ1) is 21.1. The molecule has 6 heteroatoms. The Morgan fingerprint density at radius 3 is 2.33 bits per heavy atom. The van der Waals surface area contributed by atoms with E-state index in [0.717, 1.165) is 32.5 Å². The lowest BCUT2D eigenvalue weighted by Gasteiger charge is -2.27. The minimum Gasteiger partial charge on any atom is -0.365 e. The molecule has 2 aliphatic rings. The third-order valence-corrected chi connectivity index (χ3v) is 6.43. The van der Waals surface area contributed by atoms with Crippen molar-refractivity contribution >= 4 is 23.3 Å². The first-order valence-electron chi connectivity index (χ1n) is 11.2. The van der Waals surface area contributed by atoms with E-state index in [-0.39, 0.29) is 5.91 Å². The molecule has 30 heavy (non-hydrogen) atoms. The minimum absolute atomic E-state index is 0.0301. The summed E-state index contributed by atoms with van der Waals surface area (Å²) >= 11 is 6.47. The lowest BCUT2D eigenvalue weighted by molar-refractivity contribution is 0.0724. The van der Waals surface area contributed by atoms with Crippen molar-refractivity contribution in [1.29, 1.82) is 0 Å². The molecule has 2 fully saturated rings. The second kappa shape index (κ2) is 10.3. The van der Waals surface area contributed by atoms with E-state index in [4.69, 9.17) is 11.6 Å². The summed E-state index contributed by atoms with van der Waals surface area (Å²) in [6.45, 7) is 5.66. The number of likely N-dealkylation sites (tertiary alicyclic amines) is 2. The molecule has 5 nitrogen and oxygen atoms in total. The number of rotatable bonds is 6.